The number of methoxy groups -OCH3 is 1. The van der Waals surface area contributed by atoms with Gasteiger partial charge >= 0.3 is 0 Å². The maximum Gasteiger partial charge on any atom is 0.142 e. The average molecular weight is 280 g/mol. The molecule has 19 heavy (non-hydrogen) atoms. The van der Waals surface area contributed by atoms with E-state index in [1.807, 2.05) is 35.1 Å². The molecule has 0 aliphatic carbocycles. The summed E-state index contributed by atoms with van der Waals surface area (Å²) in [6.07, 6.45) is 2.89. The van der Waals surface area contributed by atoms with Crippen molar-refractivity contribution in [1.82, 2.24) is 9.78 Å². The van der Waals surface area contributed by atoms with Crippen molar-refractivity contribution in [2.45, 2.75) is 26.4 Å². The van der Waals surface area contributed by atoms with Crippen molar-refractivity contribution in [3.05, 3.63) is 41.2 Å². The van der Waals surface area contributed by atoms with Gasteiger partial charge in [0.05, 0.1) is 25.0 Å². The molecule has 0 amide bonds. The molecule has 0 aliphatic rings. The van der Waals surface area contributed by atoms with Crippen LogP contribution in [0.4, 0.5) is 5.69 Å². The van der Waals surface area contributed by atoms with Crippen molar-refractivity contribution in [3.63, 3.8) is 0 Å². The number of hydrogen-bond acceptors (Lipinski definition) is 3. The molecular formula is C14H18ClN3O. The molecule has 5 heteroatoms. The first-order valence-electron chi connectivity index (χ1n) is 6.32. The third kappa shape index (κ3) is 3.41. The number of ether oxygens (including phenoxy) is 1. The number of nitrogens with one attached hydrogen (secondary N) is 1. The van der Waals surface area contributed by atoms with Crippen LogP contribution in [0.3, 0.4) is 0 Å². The molecule has 2 rings (SSSR count). The third-order valence-electron chi connectivity index (χ3n) is 2.86. The summed E-state index contributed by atoms with van der Waals surface area (Å²) in [5.74, 6) is 0.783. The highest BCUT2D eigenvalue weighted by Gasteiger charge is 2.06. The number of hydrogen-bond donors (Lipinski definition) is 1. The molecule has 0 aliphatic heterocycles. The number of aromatic nitrogens is 2. The monoisotopic (exact) mass is 279 g/mol. The van der Waals surface area contributed by atoms with Gasteiger partial charge in [-0.2, -0.15) is 5.10 Å². The SMILES string of the molecule is CCCn1nccc1CNc1cc(Cl)ccc1OC. The maximum atomic E-state index is 6.00. The topological polar surface area (TPSA) is 39.1 Å². The van der Waals surface area contributed by atoms with Crippen molar-refractivity contribution in [3.8, 4) is 5.75 Å². The molecule has 0 saturated carbocycles. The summed E-state index contributed by atoms with van der Waals surface area (Å²) in [7, 11) is 1.65. The molecule has 0 spiro atoms. The largest absolute Gasteiger partial charge is 0.495 e. The first kappa shape index (κ1) is 13.7. The van der Waals surface area contributed by atoms with Gasteiger partial charge in [0.1, 0.15) is 5.75 Å². The van der Waals surface area contributed by atoms with E-state index in [4.69, 9.17) is 16.3 Å². The second kappa shape index (κ2) is 6.48. The van der Waals surface area contributed by atoms with Crippen molar-refractivity contribution >= 4 is 17.3 Å². The molecule has 1 N–H and O–H groups in total. The van der Waals surface area contributed by atoms with Gasteiger partial charge < -0.3 is 10.1 Å². The van der Waals surface area contributed by atoms with Gasteiger partial charge in [0.25, 0.3) is 0 Å². The Balaban J connectivity index is 2.09. The van der Waals surface area contributed by atoms with E-state index in [-0.39, 0.29) is 0 Å². The fraction of sp³-hybridized carbons (Fsp3) is 0.357. The fourth-order valence-corrected chi connectivity index (χ4v) is 2.10. The second-order valence-electron chi connectivity index (χ2n) is 4.24. The zero-order valence-corrected chi connectivity index (χ0v) is 11.9. The standard InChI is InChI=1S/C14H18ClN3O/c1-3-8-18-12(6-7-17-18)10-16-13-9-11(15)4-5-14(13)19-2/h4-7,9,16H,3,8,10H2,1-2H3. The summed E-state index contributed by atoms with van der Waals surface area (Å²) >= 11 is 6.00. The van der Waals surface area contributed by atoms with Crippen LogP contribution in [0.25, 0.3) is 0 Å². The molecular weight excluding hydrogens is 262 g/mol. The van der Waals surface area contributed by atoms with Crippen LogP contribution in [0.15, 0.2) is 30.5 Å². The van der Waals surface area contributed by atoms with Crippen molar-refractivity contribution in [1.29, 1.82) is 0 Å². The Kier molecular flexibility index (Phi) is 4.68. The Morgan fingerprint density at radius 3 is 2.95 bits per heavy atom. The number of anilines is 1. The first-order valence-corrected chi connectivity index (χ1v) is 6.70. The van der Waals surface area contributed by atoms with Crippen LogP contribution in [-0.2, 0) is 13.1 Å². The molecule has 0 radical (unpaired) electrons. The smallest absolute Gasteiger partial charge is 0.142 e. The van der Waals surface area contributed by atoms with Crippen molar-refractivity contribution < 1.29 is 4.74 Å². The Hall–Kier alpha value is -1.68. The molecule has 4 nitrogen and oxygen atoms in total. The quantitative estimate of drug-likeness (QED) is 0.879. The summed E-state index contributed by atoms with van der Waals surface area (Å²) in [5.41, 5.74) is 2.03. The van der Waals surface area contributed by atoms with E-state index in [9.17, 15) is 0 Å². The number of aryl methyl sites for hydroxylation is 1. The molecule has 0 fully saturated rings. The van der Waals surface area contributed by atoms with Gasteiger partial charge in [-0.05, 0) is 30.7 Å². The normalized spacial score (nSPS) is 10.5. The second-order valence-corrected chi connectivity index (χ2v) is 4.68. The van der Waals surface area contributed by atoms with Crippen LogP contribution in [0.2, 0.25) is 5.02 Å². The van der Waals surface area contributed by atoms with Gasteiger partial charge in [0, 0.05) is 17.8 Å². The van der Waals surface area contributed by atoms with Gasteiger partial charge in [0.15, 0.2) is 0 Å². The number of benzene rings is 1. The minimum Gasteiger partial charge on any atom is -0.495 e. The van der Waals surface area contributed by atoms with E-state index in [2.05, 4.69) is 17.3 Å². The van der Waals surface area contributed by atoms with E-state index < -0.39 is 0 Å². The van der Waals surface area contributed by atoms with Crippen LogP contribution in [0.1, 0.15) is 19.0 Å². The van der Waals surface area contributed by atoms with Gasteiger partial charge in [0.2, 0.25) is 0 Å². The predicted molar refractivity (Wildman–Crippen MR) is 77.8 cm³/mol. The maximum absolute atomic E-state index is 6.00. The van der Waals surface area contributed by atoms with E-state index in [1.54, 1.807) is 7.11 Å². The summed E-state index contributed by atoms with van der Waals surface area (Å²) in [4.78, 5) is 0. The molecule has 2 aromatic rings. The van der Waals surface area contributed by atoms with Gasteiger partial charge in [-0.1, -0.05) is 18.5 Å². The number of nitrogens with zero attached hydrogens (tertiary/aromatic N) is 2. The minimum absolute atomic E-state index is 0.686. The molecule has 0 atom stereocenters. The van der Waals surface area contributed by atoms with E-state index in [1.165, 1.54) is 0 Å². The van der Waals surface area contributed by atoms with E-state index in [0.29, 0.717) is 11.6 Å². The number of rotatable bonds is 6. The Labute approximate surface area is 118 Å². The Morgan fingerprint density at radius 1 is 1.37 bits per heavy atom. The molecule has 0 unspecified atom stereocenters. The lowest BCUT2D eigenvalue weighted by atomic mass is 10.3. The third-order valence-corrected chi connectivity index (χ3v) is 3.10. The highest BCUT2D eigenvalue weighted by molar-refractivity contribution is 6.30. The fourth-order valence-electron chi connectivity index (χ4n) is 1.93. The summed E-state index contributed by atoms with van der Waals surface area (Å²) in [6, 6.07) is 7.54. The lowest BCUT2D eigenvalue weighted by Crippen LogP contribution is -2.09. The molecule has 1 heterocycles. The highest BCUT2D eigenvalue weighted by Crippen LogP contribution is 2.28. The molecule has 1 aromatic carbocycles. The van der Waals surface area contributed by atoms with Crippen LogP contribution in [0, 0.1) is 0 Å². The summed E-state index contributed by atoms with van der Waals surface area (Å²) in [6.45, 7) is 3.76. The van der Waals surface area contributed by atoms with Crippen molar-refractivity contribution in [2.75, 3.05) is 12.4 Å². The highest BCUT2D eigenvalue weighted by atomic mass is 35.5. The average Bonchev–Trinajstić information content (AvgIpc) is 2.84. The van der Waals surface area contributed by atoms with Gasteiger partial charge in [-0.15, -0.1) is 0 Å². The van der Waals surface area contributed by atoms with Crippen molar-refractivity contribution in [2.24, 2.45) is 0 Å². The van der Waals surface area contributed by atoms with Gasteiger partial charge in [-0.25, -0.2) is 0 Å². The minimum atomic E-state index is 0.686. The van der Waals surface area contributed by atoms with Crippen LogP contribution in [0.5, 0.6) is 5.75 Å². The van der Waals surface area contributed by atoms with E-state index in [0.717, 1.165) is 30.1 Å². The van der Waals surface area contributed by atoms with Gasteiger partial charge in [-0.3, -0.25) is 4.68 Å². The van der Waals surface area contributed by atoms with Crippen LogP contribution >= 0.6 is 11.6 Å². The van der Waals surface area contributed by atoms with Crippen LogP contribution in [-0.4, -0.2) is 16.9 Å². The predicted octanol–water partition coefficient (Wildman–Crippen LogP) is 3.57. The molecule has 1 aromatic heterocycles. The molecule has 0 saturated heterocycles. The lowest BCUT2D eigenvalue weighted by Gasteiger charge is -2.12. The summed E-state index contributed by atoms with van der Waals surface area (Å²) in [5, 5.41) is 8.32. The molecule has 0 bridgehead atoms. The zero-order chi connectivity index (χ0) is 13.7. The van der Waals surface area contributed by atoms with Crippen LogP contribution < -0.4 is 10.1 Å². The lowest BCUT2D eigenvalue weighted by molar-refractivity contribution is 0.416. The first-order chi connectivity index (χ1) is 9.24. The molecule has 102 valence electrons. The Bertz CT molecular complexity index is 539. The number of halogens is 1. The van der Waals surface area contributed by atoms with E-state index >= 15 is 0 Å². The Morgan fingerprint density at radius 2 is 2.21 bits per heavy atom. The zero-order valence-electron chi connectivity index (χ0n) is 11.2. The summed E-state index contributed by atoms with van der Waals surface area (Å²) < 4.78 is 7.31.